The standard InChI is InChI=1S/C24H30N2O3S/c1-27-20-11-9-19(10-12-20)17-26(16-18-7-5-4-6-8-18)24(30)25-22-14-13-21(28-2)15-23(22)29-3/h4-5,9-15,18H,6-8,16-17H2,1-3H3,(H,25,30). The summed E-state index contributed by atoms with van der Waals surface area (Å²) in [5, 5.41) is 4.06. The van der Waals surface area contributed by atoms with Crippen LogP contribution in [0.25, 0.3) is 0 Å². The summed E-state index contributed by atoms with van der Waals surface area (Å²) in [6, 6.07) is 13.8. The molecule has 1 unspecified atom stereocenters. The molecule has 160 valence electrons. The topological polar surface area (TPSA) is 43.0 Å². The molecule has 1 aliphatic carbocycles. The molecule has 0 radical (unpaired) electrons. The first-order chi connectivity index (χ1) is 14.6. The van der Waals surface area contributed by atoms with Gasteiger partial charge < -0.3 is 24.4 Å². The molecular formula is C24H30N2O3S. The molecule has 30 heavy (non-hydrogen) atoms. The van der Waals surface area contributed by atoms with E-state index in [1.54, 1.807) is 21.3 Å². The van der Waals surface area contributed by atoms with E-state index < -0.39 is 0 Å². The number of methoxy groups -OCH3 is 3. The average molecular weight is 427 g/mol. The lowest BCUT2D eigenvalue weighted by Crippen LogP contribution is -2.38. The Bertz CT molecular complexity index is 867. The number of ether oxygens (including phenoxy) is 3. The van der Waals surface area contributed by atoms with E-state index in [2.05, 4.69) is 34.5 Å². The highest BCUT2D eigenvalue weighted by Crippen LogP contribution is 2.30. The molecule has 0 heterocycles. The highest BCUT2D eigenvalue weighted by molar-refractivity contribution is 7.80. The zero-order valence-corrected chi connectivity index (χ0v) is 18.7. The number of rotatable bonds is 8. The molecule has 0 bridgehead atoms. The van der Waals surface area contributed by atoms with Crippen molar-refractivity contribution in [2.45, 2.75) is 25.8 Å². The van der Waals surface area contributed by atoms with Crippen LogP contribution in [0.15, 0.2) is 54.6 Å². The van der Waals surface area contributed by atoms with Gasteiger partial charge in [0.05, 0.1) is 27.0 Å². The molecule has 3 rings (SSSR count). The molecule has 0 saturated carbocycles. The van der Waals surface area contributed by atoms with Gasteiger partial charge in [0.2, 0.25) is 0 Å². The molecule has 5 nitrogen and oxygen atoms in total. The molecule has 0 saturated heterocycles. The van der Waals surface area contributed by atoms with Crippen molar-refractivity contribution in [2.24, 2.45) is 5.92 Å². The van der Waals surface area contributed by atoms with E-state index in [1.165, 1.54) is 12.0 Å². The van der Waals surface area contributed by atoms with Crippen LogP contribution in [0.2, 0.25) is 0 Å². The molecular weight excluding hydrogens is 396 g/mol. The summed E-state index contributed by atoms with van der Waals surface area (Å²) in [4.78, 5) is 2.24. The number of hydrogen-bond donors (Lipinski definition) is 1. The minimum atomic E-state index is 0.589. The Hall–Kier alpha value is -2.73. The van der Waals surface area contributed by atoms with Crippen LogP contribution in [0.1, 0.15) is 24.8 Å². The minimum Gasteiger partial charge on any atom is -0.497 e. The van der Waals surface area contributed by atoms with Crippen LogP contribution in [0.4, 0.5) is 5.69 Å². The van der Waals surface area contributed by atoms with Gasteiger partial charge in [0.15, 0.2) is 5.11 Å². The summed E-state index contributed by atoms with van der Waals surface area (Å²) in [5.74, 6) is 2.88. The summed E-state index contributed by atoms with van der Waals surface area (Å²) in [5.41, 5.74) is 2.01. The van der Waals surface area contributed by atoms with E-state index in [1.807, 2.05) is 30.3 Å². The fourth-order valence-corrected chi connectivity index (χ4v) is 3.85. The summed E-state index contributed by atoms with van der Waals surface area (Å²) in [6.07, 6.45) is 7.96. The van der Waals surface area contributed by atoms with E-state index in [-0.39, 0.29) is 0 Å². The third-order valence-electron chi connectivity index (χ3n) is 5.33. The fraction of sp³-hybridized carbons (Fsp3) is 0.375. The maximum absolute atomic E-state index is 5.83. The van der Waals surface area contributed by atoms with Gasteiger partial charge >= 0.3 is 0 Å². The zero-order chi connectivity index (χ0) is 21.3. The first kappa shape index (κ1) is 22.0. The Labute approximate surface area is 184 Å². The van der Waals surface area contributed by atoms with Crippen molar-refractivity contribution >= 4 is 23.0 Å². The maximum Gasteiger partial charge on any atom is 0.173 e. The summed E-state index contributed by atoms with van der Waals surface area (Å²) < 4.78 is 16.1. The number of allylic oxidation sites excluding steroid dienone is 2. The van der Waals surface area contributed by atoms with Crippen LogP contribution >= 0.6 is 12.2 Å². The Balaban J connectivity index is 1.77. The van der Waals surface area contributed by atoms with Crippen molar-refractivity contribution in [1.82, 2.24) is 4.90 Å². The Morgan fingerprint density at radius 3 is 2.37 bits per heavy atom. The molecule has 1 N–H and O–H groups in total. The van der Waals surface area contributed by atoms with E-state index in [9.17, 15) is 0 Å². The minimum absolute atomic E-state index is 0.589. The highest BCUT2D eigenvalue weighted by atomic mass is 32.1. The highest BCUT2D eigenvalue weighted by Gasteiger charge is 2.19. The van der Waals surface area contributed by atoms with Crippen LogP contribution in [0.3, 0.4) is 0 Å². The van der Waals surface area contributed by atoms with Gasteiger partial charge in [0.25, 0.3) is 0 Å². The zero-order valence-electron chi connectivity index (χ0n) is 17.9. The lowest BCUT2D eigenvalue weighted by molar-refractivity contribution is 0.319. The first-order valence-electron chi connectivity index (χ1n) is 10.2. The van der Waals surface area contributed by atoms with E-state index in [0.29, 0.717) is 16.8 Å². The first-order valence-corrected chi connectivity index (χ1v) is 10.6. The predicted molar refractivity (Wildman–Crippen MR) is 126 cm³/mol. The van der Waals surface area contributed by atoms with Crippen LogP contribution in [-0.4, -0.2) is 37.9 Å². The smallest absolute Gasteiger partial charge is 0.173 e. The quantitative estimate of drug-likeness (QED) is 0.458. The number of anilines is 1. The molecule has 0 fully saturated rings. The summed E-state index contributed by atoms with van der Waals surface area (Å²) in [6.45, 7) is 1.63. The second-order valence-corrected chi connectivity index (χ2v) is 7.76. The molecule has 1 aliphatic rings. The van der Waals surface area contributed by atoms with Crippen molar-refractivity contribution in [1.29, 1.82) is 0 Å². The van der Waals surface area contributed by atoms with Gasteiger partial charge in [0.1, 0.15) is 17.2 Å². The number of nitrogens with zero attached hydrogens (tertiary/aromatic N) is 1. The lowest BCUT2D eigenvalue weighted by Gasteiger charge is -2.31. The van der Waals surface area contributed by atoms with Gasteiger partial charge in [0, 0.05) is 19.2 Å². The van der Waals surface area contributed by atoms with Crippen molar-refractivity contribution in [3.05, 3.63) is 60.2 Å². The summed E-state index contributed by atoms with van der Waals surface area (Å²) in [7, 11) is 4.97. The molecule has 2 aromatic carbocycles. The molecule has 0 aliphatic heterocycles. The molecule has 1 atom stereocenters. The van der Waals surface area contributed by atoms with Gasteiger partial charge in [-0.3, -0.25) is 0 Å². The van der Waals surface area contributed by atoms with Crippen molar-refractivity contribution in [2.75, 3.05) is 33.2 Å². The lowest BCUT2D eigenvalue weighted by atomic mass is 9.94. The van der Waals surface area contributed by atoms with Gasteiger partial charge in [-0.05, 0) is 67.2 Å². The van der Waals surface area contributed by atoms with Crippen LogP contribution in [-0.2, 0) is 6.54 Å². The number of nitrogens with one attached hydrogen (secondary N) is 1. The van der Waals surface area contributed by atoms with E-state index in [4.69, 9.17) is 26.4 Å². The van der Waals surface area contributed by atoms with Gasteiger partial charge in [-0.1, -0.05) is 24.3 Å². The normalized spacial score (nSPS) is 15.4. The van der Waals surface area contributed by atoms with E-state index >= 15 is 0 Å². The number of benzene rings is 2. The fourth-order valence-electron chi connectivity index (χ4n) is 3.60. The van der Waals surface area contributed by atoms with Gasteiger partial charge in [-0.15, -0.1) is 0 Å². The molecule has 0 aromatic heterocycles. The summed E-state index contributed by atoms with van der Waals surface area (Å²) >= 11 is 5.83. The van der Waals surface area contributed by atoms with Crippen molar-refractivity contribution in [3.63, 3.8) is 0 Å². The molecule has 6 heteroatoms. The Kier molecular flexibility index (Phi) is 7.97. The van der Waals surface area contributed by atoms with E-state index in [0.717, 1.165) is 43.1 Å². The third kappa shape index (κ3) is 5.89. The third-order valence-corrected chi connectivity index (χ3v) is 5.69. The average Bonchev–Trinajstić information content (AvgIpc) is 2.80. The van der Waals surface area contributed by atoms with Crippen molar-refractivity contribution in [3.8, 4) is 17.2 Å². The monoisotopic (exact) mass is 426 g/mol. The van der Waals surface area contributed by atoms with Crippen LogP contribution in [0, 0.1) is 5.92 Å². The van der Waals surface area contributed by atoms with Crippen LogP contribution < -0.4 is 19.5 Å². The SMILES string of the molecule is COc1ccc(CN(CC2CC=CCC2)C(=S)Nc2ccc(OC)cc2OC)cc1. The van der Waals surface area contributed by atoms with Crippen LogP contribution in [0.5, 0.6) is 17.2 Å². The number of thiocarbonyl (C=S) groups is 1. The second-order valence-electron chi connectivity index (χ2n) is 7.38. The molecule has 0 spiro atoms. The van der Waals surface area contributed by atoms with Crippen molar-refractivity contribution < 1.29 is 14.2 Å². The second kappa shape index (κ2) is 10.9. The Morgan fingerprint density at radius 1 is 1.00 bits per heavy atom. The maximum atomic E-state index is 5.83. The predicted octanol–water partition coefficient (Wildman–Crippen LogP) is 5.27. The van der Waals surface area contributed by atoms with Gasteiger partial charge in [-0.2, -0.15) is 0 Å². The largest absolute Gasteiger partial charge is 0.497 e. The molecule has 2 aromatic rings. The molecule has 0 amide bonds. The number of hydrogen-bond acceptors (Lipinski definition) is 4. The Morgan fingerprint density at radius 2 is 1.73 bits per heavy atom. The van der Waals surface area contributed by atoms with Gasteiger partial charge in [-0.25, -0.2) is 0 Å².